The third-order valence-corrected chi connectivity index (χ3v) is 5.04. The van der Waals surface area contributed by atoms with E-state index in [2.05, 4.69) is 58.7 Å². The molecule has 0 bridgehead atoms. The Balaban J connectivity index is 1.60. The number of aliphatic imine (C=N–C) groups is 1. The normalized spacial score (nSPS) is 11.4. The predicted molar refractivity (Wildman–Crippen MR) is 125 cm³/mol. The van der Waals surface area contributed by atoms with Crippen molar-refractivity contribution < 1.29 is 14.2 Å². The van der Waals surface area contributed by atoms with Gasteiger partial charge in [-0.25, -0.2) is 4.99 Å². The Kier molecular flexibility index (Phi) is 8.04. The lowest BCUT2D eigenvalue weighted by Gasteiger charge is -2.14. The summed E-state index contributed by atoms with van der Waals surface area (Å²) < 4.78 is 18.5. The van der Waals surface area contributed by atoms with E-state index in [0.29, 0.717) is 23.8 Å². The second-order valence-electron chi connectivity index (χ2n) is 7.08. The molecule has 7 heteroatoms. The molecule has 0 saturated heterocycles. The summed E-state index contributed by atoms with van der Waals surface area (Å²) in [5.74, 6) is 2.63. The highest BCUT2D eigenvalue weighted by molar-refractivity contribution is 5.80. The lowest BCUT2D eigenvalue weighted by molar-refractivity contribution is 0.324. The monoisotopic (exact) mass is 424 g/mol. The molecule has 0 aliphatic rings. The average molecular weight is 425 g/mol. The maximum atomic E-state index is 5.43. The summed E-state index contributed by atoms with van der Waals surface area (Å²) in [5, 5.41) is 7.99. The van der Waals surface area contributed by atoms with Crippen LogP contribution in [-0.2, 0) is 13.1 Å². The van der Waals surface area contributed by atoms with E-state index in [1.807, 2.05) is 12.1 Å². The van der Waals surface area contributed by atoms with Crippen LogP contribution in [0, 0.1) is 0 Å². The van der Waals surface area contributed by atoms with Crippen molar-refractivity contribution in [2.24, 2.45) is 4.99 Å². The number of ether oxygens (including phenoxy) is 3. The fourth-order valence-electron chi connectivity index (χ4n) is 3.53. The molecule has 0 saturated carbocycles. The van der Waals surface area contributed by atoms with Crippen LogP contribution in [0.15, 0.2) is 53.7 Å². The second kappa shape index (κ2) is 11.2. The molecule has 1 heterocycles. The van der Waals surface area contributed by atoms with Crippen molar-refractivity contribution in [3.05, 3.63) is 54.2 Å². The number of aromatic nitrogens is 1. The van der Waals surface area contributed by atoms with Crippen LogP contribution in [0.3, 0.4) is 0 Å². The summed E-state index contributed by atoms with van der Waals surface area (Å²) in [7, 11) is 4.83. The van der Waals surface area contributed by atoms with Gasteiger partial charge in [-0.1, -0.05) is 18.2 Å². The van der Waals surface area contributed by atoms with Crippen LogP contribution in [0.2, 0.25) is 0 Å². The van der Waals surface area contributed by atoms with Crippen LogP contribution in [0.1, 0.15) is 18.9 Å². The first kappa shape index (κ1) is 22.3. The van der Waals surface area contributed by atoms with Crippen molar-refractivity contribution in [1.29, 1.82) is 0 Å². The van der Waals surface area contributed by atoms with E-state index in [-0.39, 0.29) is 0 Å². The number of para-hydroxylation sites is 1. The lowest BCUT2D eigenvalue weighted by Crippen LogP contribution is -2.38. The molecule has 3 rings (SSSR count). The molecule has 0 spiro atoms. The van der Waals surface area contributed by atoms with Crippen molar-refractivity contribution in [3.8, 4) is 17.2 Å². The Bertz CT molecular complexity index is 988. The first-order valence-electron chi connectivity index (χ1n) is 10.5. The molecule has 3 aromatic rings. The van der Waals surface area contributed by atoms with Gasteiger partial charge in [0.2, 0.25) is 5.75 Å². The zero-order valence-electron chi connectivity index (χ0n) is 18.8. The van der Waals surface area contributed by atoms with E-state index in [1.54, 1.807) is 21.3 Å². The topological polar surface area (TPSA) is 69.0 Å². The van der Waals surface area contributed by atoms with Gasteiger partial charge in [0, 0.05) is 31.3 Å². The van der Waals surface area contributed by atoms with Gasteiger partial charge in [0.05, 0.1) is 27.9 Å². The third-order valence-electron chi connectivity index (χ3n) is 5.04. The lowest BCUT2D eigenvalue weighted by atomic mass is 10.2. The van der Waals surface area contributed by atoms with Gasteiger partial charge in [0.25, 0.3) is 0 Å². The number of guanidine groups is 1. The number of benzene rings is 2. The maximum Gasteiger partial charge on any atom is 0.203 e. The molecule has 7 nitrogen and oxygen atoms in total. The first-order valence-corrected chi connectivity index (χ1v) is 10.5. The van der Waals surface area contributed by atoms with Gasteiger partial charge in [-0.2, -0.15) is 0 Å². The van der Waals surface area contributed by atoms with E-state index in [0.717, 1.165) is 37.6 Å². The van der Waals surface area contributed by atoms with E-state index < -0.39 is 0 Å². The molecular formula is C24H32N4O3. The number of methoxy groups -OCH3 is 3. The summed E-state index contributed by atoms with van der Waals surface area (Å²) in [6.45, 7) is 5.13. The molecule has 0 radical (unpaired) electrons. The van der Waals surface area contributed by atoms with Crippen LogP contribution < -0.4 is 24.8 Å². The second-order valence-corrected chi connectivity index (χ2v) is 7.08. The number of nitrogens with one attached hydrogen (secondary N) is 2. The van der Waals surface area contributed by atoms with E-state index in [1.165, 1.54) is 10.9 Å². The highest BCUT2D eigenvalue weighted by Crippen LogP contribution is 2.38. The van der Waals surface area contributed by atoms with Gasteiger partial charge >= 0.3 is 0 Å². The first-order chi connectivity index (χ1) is 15.2. The van der Waals surface area contributed by atoms with E-state index in [4.69, 9.17) is 19.2 Å². The molecule has 0 aliphatic carbocycles. The van der Waals surface area contributed by atoms with Crippen molar-refractivity contribution in [3.63, 3.8) is 0 Å². The molecule has 2 aromatic carbocycles. The molecular weight excluding hydrogens is 392 g/mol. The molecule has 2 N–H and O–H groups in total. The van der Waals surface area contributed by atoms with Crippen molar-refractivity contribution in [2.45, 2.75) is 26.4 Å². The highest BCUT2D eigenvalue weighted by atomic mass is 16.5. The summed E-state index contributed by atoms with van der Waals surface area (Å²) in [4.78, 5) is 4.71. The number of hydrogen-bond donors (Lipinski definition) is 2. The molecule has 1 aromatic heterocycles. The molecule has 0 fully saturated rings. The molecule has 0 unspecified atom stereocenters. The van der Waals surface area contributed by atoms with Crippen LogP contribution in [-0.4, -0.2) is 44.9 Å². The Morgan fingerprint density at radius 1 is 0.968 bits per heavy atom. The number of fused-ring (bicyclic) bond motifs is 1. The number of hydrogen-bond acceptors (Lipinski definition) is 4. The van der Waals surface area contributed by atoms with Crippen LogP contribution in [0.25, 0.3) is 10.9 Å². The summed E-state index contributed by atoms with van der Waals surface area (Å²) in [6.07, 6.45) is 3.14. The number of aryl methyl sites for hydroxylation is 1. The molecule has 0 amide bonds. The fraction of sp³-hybridized carbons (Fsp3) is 0.375. The minimum atomic E-state index is 0.494. The smallest absolute Gasteiger partial charge is 0.203 e. The minimum Gasteiger partial charge on any atom is -0.493 e. The van der Waals surface area contributed by atoms with Gasteiger partial charge in [-0.15, -0.1) is 0 Å². The quantitative estimate of drug-likeness (QED) is 0.294. The van der Waals surface area contributed by atoms with Gasteiger partial charge in [0.15, 0.2) is 17.5 Å². The molecule has 166 valence electrons. The molecule has 0 aliphatic heterocycles. The number of nitrogens with zero attached hydrogens (tertiary/aromatic N) is 2. The zero-order chi connectivity index (χ0) is 22.1. The van der Waals surface area contributed by atoms with Gasteiger partial charge in [-0.05, 0) is 48.6 Å². The minimum absolute atomic E-state index is 0.494. The number of rotatable bonds is 10. The van der Waals surface area contributed by atoms with Crippen molar-refractivity contribution >= 4 is 16.9 Å². The highest BCUT2D eigenvalue weighted by Gasteiger charge is 2.13. The van der Waals surface area contributed by atoms with E-state index >= 15 is 0 Å². The standard InChI is InChI=1S/C24H32N4O3/c1-5-25-24(26-12-8-13-28-14-11-19-9-6-7-10-20(19)28)27-17-18-15-21(29-2)23(31-4)22(16-18)30-3/h6-7,9-11,14-16H,5,8,12-13,17H2,1-4H3,(H2,25,26,27). The van der Waals surface area contributed by atoms with Crippen LogP contribution in [0.5, 0.6) is 17.2 Å². The van der Waals surface area contributed by atoms with E-state index in [9.17, 15) is 0 Å². The Hall–Kier alpha value is -3.35. The third kappa shape index (κ3) is 5.63. The maximum absolute atomic E-state index is 5.43. The summed E-state index contributed by atoms with van der Waals surface area (Å²) in [6, 6.07) is 14.5. The van der Waals surface area contributed by atoms with Gasteiger partial charge in [-0.3, -0.25) is 0 Å². The Morgan fingerprint density at radius 3 is 2.39 bits per heavy atom. The zero-order valence-corrected chi connectivity index (χ0v) is 18.8. The molecule has 0 atom stereocenters. The van der Waals surface area contributed by atoms with Gasteiger partial charge < -0.3 is 29.4 Å². The van der Waals surface area contributed by atoms with Crippen molar-refractivity contribution in [2.75, 3.05) is 34.4 Å². The largest absolute Gasteiger partial charge is 0.493 e. The van der Waals surface area contributed by atoms with Crippen LogP contribution >= 0.6 is 0 Å². The fourth-order valence-corrected chi connectivity index (χ4v) is 3.53. The Morgan fingerprint density at radius 2 is 1.71 bits per heavy atom. The van der Waals surface area contributed by atoms with Crippen molar-refractivity contribution in [1.82, 2.24) is 15.2 Å². The SMILES string of the molecule is CCNC(=NCc1cc(OC)c(OC)c(OC)c1)NCCCn1ccc2ccccc21. The van der Waals surface area contributed by atoms with Crippen LogP contribution in [0.4, 0.5) is 0 Å². The summed E-state index contributed by atoms with van der Waals surface area (Å²) in [5.41, 5.74) is 2.25. The summed E-state index contributed by atoms with van der Waals surface area (Å²) >= 11 is 0. The Labute approximate surface area is 184 Å². The predicted octanol–water partition coefficient (Wildman–Crippen LogP) is 3.81. The molecule has 31 heavy (non-hydrogen) atoms. The van der Waals surface area contributed by atoms with Gasteiger partial charge in [0.1, 0.15) is 0 Å². The average Bonchev–Trinajstić information content (AvgIpc) is 3.22.